The van der Waals surface area contributed by atoms with Crippen molar-refractivity contribution in [2.45, 2.75) is 19.5 Å². The van der Waals surface area contributed by atoms with Crippen molar-refractivity contribution in [3.63, 3.8) is 0 Å². The van der Waals surface area contributed by atoms with Gasteiger partial charge >= 0.3 is 0 Å². The Labute approximate surface area is 107 Å². The van der Waals surface area contributed by atoms with Crippen LogP contribution in [0.15, 0.2) is 23.5 Å². The number of amidine groups is 1. The van der Waals surface area contributed by atoms with Gasteiger partial charge in [0.25, 0.3) is 0 Å². The predicted octanol–water partition coefficient (Wildman–Crippen LogP) is 0.216. The summed E-state index contributed by atoms with van der Waals surface area (Å²) >= 11 is 0. The molecule has 18 heavy (non-hydrogen) atoms. The first-order chi connectivity index (χ1) is 8.54. The van der Waals surface area contributed by atoms with Crippen LogP contribution in [0.1, 0.15) is 18.2 Å². The van der Waals surface area contributed by atoms with Gasteiger partial charge in [-0.3, -0.25) is 4.98 Å². The van der Waals surface area contributed by atoms with Crippen molar-refractivity contribution < 1.29 is 5.21 Å². The van der Waals surface area contributed by atoms with Crippen LogP contribution in [0, 0.1) is 0 Å². The van der Waals surface area contributed by atoms with Gasteiger partial charge in [0.2, 0.25) is 0 Å². The fraction of sp³-hybridized carbons (Fsp3) is 0.500. The minimum absolute atomic E-state index is 0.0264. The Morgan fingerprint density at radius 3 is 2.94 bits per heavy atom. The van der Waals surface area contributed by atoms with Gasteiger partial charge in [-0.25, -0.2) is 0 Å². The van der Waals surface area contributed by atoms with Gasteiger partial charge in [-0.05, 0) is 38.7 Å². The maximum Gasteiger partial charge on any atom is 0.188 e. The van der Waals surface area contributed by atoms with Gasteiger partial charge in [0.15, 0.2) is 5.84 Å². The second-order valence-corrected chi connectivity index (χ2v) is 4.48. The van der Waals surface area contributed by atoms with Gasteiger partial charge in [0, 0.05) is 25.3 Å². The summed E-state index contributed by atoms with van der Waals surface area (Å²) in [7, 11) is 4.10. The first-order valence-corrected chi connectivity index (χ1v) is 5.84. The third-order valence-electron chi connectivity index (χ3n) is 2.84. The summed E-state index contributed by atoms with van der Waals surface area (Å²) in [5.41, 5.74) is 7.03. The molecule has 1 heterocycles. The third kappa shape index (κ3) is 4.31. The maximum atomic E-state index is 8.59. The molecule has 0 aromatic carbocycles. The number of hydrogen-bond acceptors (Lipinski definition) is 5. The highest BCUT2D eigenvalue weighted by Gasteiger charge is 2.05. The number of oxime groups is 1. The standard InChI is InChI=1S/C12H21N5O/c1-9(17(2)3)7-14-8-10-4-5-15-11(6-10)12(13)16-18/h4-6,9,14,18H,7-8H2,1-3H3,(H2,13,16). The van der Waals surface area contributed by atoms with Crippen LogP contribution in [0.5, 0.6) is 0 Å². The molecule has 0 saturated carbocycles. The molecular formula is C12H21N5O. The first kappa shape index (κ1) is 14.4. The highest BCUT2D eigenvalue weighted by Crippen LogP contribution is 2.01. The van der Waals surface area contributed by atoms with Crippen LogP contribution in [0.2, 0.25) is 0 Å². The number of nitrogens with zero attached hydrogens (tertiary/aromatic N) is 3. The molecule has 0 aliphatic heterocycles. The van der Waals surface area contributed by atoms with E-state index in [9.17, 15) is 0 Å². The Kier molecular flexibility index (Phi) is 5.54. The molecule has 6 nitrogen and oxygen atoms in total. The van der Waals surface area contributed by atoms with Crippen molar-refractivity contribution in [3.8, 4) is 0 Å². The van der Waals surface area contributed by atoms with Gasteiger partial charge < -0.3 is 21.2 Å². The molecule has 0 radical (unpaired) electrons. The molecule has 1 atom stereocenters. The van der Waals surface area contributed by atoms with Crippen LogP contribution in [-0.4, -0.2) is 47.6 Å². The third-order valence-corrected chi connectivity index (χ3v) is 2.84. The molecule has 0 saturated heterocycles. The van der Waals surface area contributed by atoms with Crippen molar-refractivity contribution in [1.29, 1.82) is 0 Å². The van der Waals surface area contributed by atoms with Crippen molar-refractivity contribution >= 4 is 5.84 Å². The highest BCUT2D eigenvalue weighted by molar-refractivity contribution is 5.95. The number of nitrogens with one attached hydrogen (secondary N) is 1. The van der Waals surface area contributed by atoms with E-state index in [-0.39, 0.29) is 5.84 Å². The van der Waals surface area contributed by atoms with E-state index < -0.39 is 0 Å². The lowest BCUT2D eigenvalue weighted by Gasteiger charge is -2.20. The second-order valence-electron chi connectivity index (χ2n) is 4.48. The van der Waals surface area contributed by atoms with Gasteiger partial charge in [0.05, 0.1) is 0 Å². The van der Waals surface area contributed by atoms with Crippen molar-refractivity contribution in [1.82, 2.24) is 15.2 Å². The summed E-state index contributed by atoms with van der Waals surface area (Å²) in [4.78, 5) is 6.18. The van der Waals surface area contributed by atoms with E-state index in [2.05, 4.69) is 41.4 Å². The monoisotopic (exact) mass is 251 g/mol. The largest absolute Gasteiger partial charge is 0.409 e. The Morgan fingerprint density at radius 2 is 2.33 bits per heavy atom. The summed E-state index contributed by atoms with van der Waals surface area (Å²) in [5.74, 6) is 0.0264. The number of rotatable bonds is 6. The number of nitrogens with two attached hydrogens (primary N) is 1. The molecule has 0 aliphatic rings. The topological polar surface area (TPSA) is 86.8 Å². The van der Waals surface area contributed by atoms with Crippen molar-refractivity contribution in [2.24, 2.45) is 10.9 Å². The molecule has 0 spiro atoms. The SMILES string of the molecule is CC(CNCc1ccnc(C(N)=NO)c1)N(C)C. The van der Waals surface area contributed by atoms with E-state index in [1.165, 1.54) is 0 Å². The molecule has 100 valence electrons. The number of pyridine rings is 1. The molecule has 6 heteroatoms. The van der Waals surface area contributed by atoms with Gasteiger partial charge in [-0.2, -0.15) is 0 Å². The van der Waals surface area contributed by atoms with Crippen LogP contribution < -0.4 is 11.1 Å². The molecule has 0 fully saturated rings. The molecule has 0 aliphatic carbocycles. The van der Waals surface area contributed by atoms with Crippen LogP contribution in [0.25, 0.3) is 0 Å². The van der Waals surface area contributed by atoms with Crippen LogP contribution in [-0.2, 0) is 6.54 Å². The highest BCUT2D eigenvalue weighted by atomic mass is 16.4. The van der Waals surface area contributed by atoms with E-state index in [1.54, 1.807) is 6.20 Å². The average Bonchev–Trinajstić information content (AvgIpc) is 2.37. The van der Waals surface area contributed by atoms with Crippen molar-refractivity contribution in [3.05, 3.63) is 29.6 Å². The lowest BCUT2D eigenvalue weighted by atomic mass is 10.2. The molecule has 1 unspecified atom stereocenters. The molecule has 1 rings (SSSR count). The second kappa shape index (κ2) is 6.93. The van der Waals surface area contributed by atoms with E-state index >= 15 is 0 Å². The molecule has 0 amide bonds. The molecule has 1 aromatic rings. The summed E-state index contributed by atoms with van der Waals surface area (Å²) in [6, 6.07) is 4.18. The van der Waals surface area contributed by atoms with E-state index in [1.807, 2.05) is 12.1 Å². The fourth-order valence-electron chi connectivity index (χ4n) is 1.38. The Balaban J connectivity index is 2.53. The minimum atomic E-state index is 0.0264. The Bertz CT molecular complexity index is 405. The van der Waals surface area contributed by atoms with Crippen LogP contribution in [0.4, 0.5) is 0 Å². The molecule has 0 bridgehead atoms. The fourth-order valence-corrected chi connectivity index (χ4v) is 1.38. The molecule has 1 aromatic heterocycles. The lowest BCUT2D eigenvalue weighted by Crippen LogP contribution is -2.35. The maximum absolute atomic E-state index is 8.59. The zero-order valence-electron chi connectivity index (χ0n) is 11.1. The Morgan fingerprint density at radius 1 is 1.61 bits per heavy atom. The first-order valence-electron chi connectivity index (χ1n) is 5.84. The molecule has 4 N–H and O–H groups in total. The zero-order valence-corrected chi connectivity index (χ0v) is 11.1. The summed E-state index contributed by atoms with van der Waals surface area (Å²) in [5, 5.41) is 14.9. The smallest absolute Gasteiger partial charge is 0.188 e. The lowest BCUT2D eigenvalue weighted by molar-refractivity contribution is 0.302. The van der Waals surface area contributed by atoms with Gasteiger partial charge in [-0.1, -0.05) is 5.16 Å². The number of aromatic nitrogens is 1. The average molecular weight is 251 g/mol. The van der Waals surface area contributed by atoms with E-state index in [4.69, 9.17) is 10.9 Å². The van der Waals surface area contributed by atoms with E-state index in [0.717, 1.165) is 18.7 Å². The zero-order chi connectivity index (χ0) is 13.5. The molecular weight excluding hydrogens is 230 g/mol. The van der Waals surface area contributed by atoms with E-state index in [0.29, 0.717) is 11.7 Å². The summed E-state index contributed by atoms with van der Waals surface area (Å²) in [6.07, 6.45) is 1.65. The van der Waals surface area contributed by atoms with Crippen molar-refractivity contribution in [2.75, 3.05) is 20.6 Å². The van der Waals surface area contributed by atoms with Crippen LogP contribution in [0.3, 0.4) is 0 Å². The van der Waals surface area contributed by atoms with Crippen LogP contribution >= 0.6 is 0 Å². The van der Waals surface area contributed by atoms with Gasteiger partial charge in [0.1, 0.15) is 5.69 Å². The van der Waals surface area contributed by atoms with Gasteiger partial charge in [-0.15, -0.1) is 0 Å². The number of hydrogen-bond donors (Lipinski definition) is 3. The Hall–Kier alpha value is -1.66. The normalized spacial score (nSPS) is 13.9. The summed E-state index contributed by atoms with van der Waals surface area (Å²) in [6.45, 7) is 3.78. The minimum Gasteiger partial charge on any atom is -0.409 e. The predicted molar refractivity (Wildman–Crippen MR) is 71.6 cm³/mol. The quantitative estimate of drug-likeness (QED) is 0.291. The summed E-state index contributed by atoms with van der Waals surface area (Å²) < 4.78 is 0. The number of likely N-dealkylation sites (N-methyl/N-ethyl adjacent to an activating group) is 1.